The van der Waals surface area contributed by atoms with Gasteiger partial charge in [0.2, 0.25) is 5.91 Å². The number of aryl methyl sites for hydroxylation is 1. The first-order chi connectivity index (χ1) is 21.8. The van der Waals surface area contributed by atoms with E-state index in [4.69, 9.17) is 9.72 Å². The number of amides is 1. The zero-order valence-corrected chi connectivity index (χ0v) is 28.0. The van der Waals surface area contributed by atoms with Crippen LogP contribution in [0.1, 0.15) is 66.7 Å². The third-order valence-corrected chi connectivity index (χ3v) is 11.4. The highest BCUT2D eigenvalue weighted by molar-refractivity contribution is 7.36. The van der Waals surface area contributed by atoms with Crippen molar-refractivity contribution in [2.24, 2.45) is 0 Å². The molecular weight excluding hydrogens is 600 g/mol. The summed E-state index contributed by atoms with van der Waals surface area (Å²) in [6.45, 7) is 9.92. The maximum Gasteiger partial charge on any atom is 0.354 e. The van der Waals surface area contributed by atoms with Gasteiger partial charge in [0, 0.05) is 54.6 Å². The van der Waals surface area contributed by atoms with Gasteiger partial charge < -0.3 is 14.5 Å². The molecule has 0 bridgehead atoms. The van der Waals surface area contributed by atoms with Gasteiger partial charge in [0.1, 0.15) is 17.9 Å². The molecule has 0 radical (unpaired) electrons. The van der Waals surface area contributed by atoms with E-state index in [-0.39, 0.29) is 17.6 Å². The van der Waals surface area contributed by atoms with Crippen molar-refractivity contribution in [1.29, 1.82) is 0 Å². The number of piperazine rings is 1. The van der Waals surface area contributed by atoms with E-state index in [0.717, 1.165) is 92.0 Å². The molecule has 0 N–H and O–H groups in total. The van der Waals surface area contributed by atoms with Crippen molar-refractivity contribution in [3.05, 3.63) is 76.0 Å². The molecule has 2 aromatic heterocycles. The Morgan fingerprint density at radius 3 is 2.42 bits per heavy atom. The van der Waals surface area contributed by atoms with Crippen LogP contribution < -0.4 is 25.9 Å². The molecule has 45 heavy (non-hydrogen) atoms. The normalized spacial score (nSPS) is 19.2. The summed E-state index contributed by atoms with van der Waals surface area (Å²) in [7, 11) is 5.78. The molecule has 2 aliphatic carbocycles. The Labute approximate surface area is 267 Å². The number of benzene rings is 2. The van der Waals surface area contributed by atoms with E-state index in [2.05, 4.69) is 67.0 Å². The second-order valence-corrected chi connectivity index (χ2v) is 14.2. The van der Waals surface area contributed by atoms with Crippen LogP contribution in [0.5, 0.6) is 5.75 Å². The van der Waals surface area contributed by atoms with Crippen LogP contribution >= 0.6 is 18.5 Å². The highest BCUT2D eigenvalue weighted by Crippen LogP contribution is 2.51. The Bertz CT molecular complexity index is 1970. The number of pyridine rings is 1. The quantitative estimate of drug-likeness (QED) is 0.235. The monoisotopic (exact) mass is 637 g/mol. The highest BCUT2D eigenvalue weighted by Gasteiger charge is 2.37. The minimum atomic E-state index is -0.310. The molecule has 1 saturated heterocycles. The molecule has 4 aromatic rings. The molecule has 2 aliphatic heterocycles. The van der Waals surface area contributed by atoms with E-state index in [9.17, 15) is 9.59 Å². The fraction of sp³-hybridized carbons (Fsp3) is 0.371. The first-order valence-corrected chi connectivity index (χ1v) is 17.0. The summed E-state index contributed by atoms with van der Waals surface area (Å²) in [4.78, 5) is 40.6. The third-order valence-electron chi connectivity index (χ3n) is 9.92. The maximum absolute atomic E-state index is 14.6. The van der Waals surface area contributed by atoms with Crippen molar-refractivity contribution in [3.63, 3.8) is 0 Å². The molecule has 3 fully saturated rings. The van der Waals surface area contributed by atoms with Crippen LogP contribution in [0.4, 0.5) is 5.82 Å². The molecule has 4 aliphatic rings. The second kappa shape index (κ2) is 10.7. The topological polar surface area (TPSA) is 80.6 Å². The predicted molar refractivity (Wildman–Crippen MR) is 186 cm³/mol. The van der Waals surface area contributed by atoms with E-state index in [0.29, 0.717) is 43.9 Å². The van der Waals surface area contributed by atoms with Gasteiger partial charge in [-0.05, 0) is 96.4 Å². The molecule has 4 heterocycles. The molecule has 8 nitrogen and oxygen atoms in total. The molecule has 230 valence electrons. The van der Waals surface area contributed by atoms with Crippen LogP contribution in [0.3, 0.4) is 0 Å². The summed E-state index contributed by atoms with van der Waals surface area (Å²) >= 11 is 0. The number of anilines is 1. The van der Waals surface area contributed by atoms with Crippen molar-refractivity contribution in [3.8, 4) is 22.6 Å². The summed E-state index contributed by atoms with van der Waals surface area (Å²) in [5.74, 6) is 2.08. The van der Waals surface area contributed by atoms with Crippen molar-refractivity contribution >= 4 is 51.7 Å². The van der Waals surface area contributed by atoms with Gasteiger partial charge in [-0.3, -0.25) is 14.3 Å². The largest absolute Gasteiger partial charge is 0.486 e. The lowest BCUT2D eigenvalue weighted by Gasteiger charge is -2.41. The minimum absolute atomic E-state index is 0.0464. The first-order valence-electron chi connectivity index (χ1n) is 15.8. The highest BCUT2D eigenvalue weighted by atomic mass is 31.0. The predicted octanol–water partition coefficient (Wildman–Crippen LogP) is 4.63. The van der Waals surface area contributed by atoms with E-state index in [1.807, 2.05) is 21.9 Å². The number of fused-ring (bicyclic) bond motifs is 5. The smallest absolute Gasteiger partial charge is 0.354 e. The Balaban J connectivity index is 1.44. The van der Waals surface area contributed by atoms with Crippen LogP contribution in [0, 0.1) is 6.92 Å². The molecule has 1 amide bonds. The van der Waals surface area contributed by atoms with Gasteiger partial charge in [0.15, 0.2) is 5.75 Å². The van der Waals surface area contributed by atoms with Crippen LogP contribution in [-0.2, 0) is 11.4 Å². The average molecular weight is 638 g/mol. The Kier molecular flexibility index (Phi) is 6.89. The van der Waals surface area contributed by atoms with E-state index in [1.165, 1.54) is 6.08 Å². The lowest BCUT2D eigenvalue weighted by molar-refractivity contribution is -0.126. The summed E-state index contributed by atoms with van der Waals surface area (Å²) in [5.41, 5.74) is 8.03. The SMILES string of the molecule is C=CC(=O)N1CCN(c2nc(=O)n(-c3c(C4CC4)cncc3C3CC3)c3c4c(c(C)cc23)-c2c(ccc(P)c2P)CO4)[C@@H](C)C1. The van der Waals surface area contributed by atoms with E-state index >= 15 is 0 Å². The number of nitrogens with zero attached hydrogens (tertiary/aromatic N) is 5. The van der Waals surface area contributed by atoms with Crippen molar-refractivity contribution in [1.82, 2.24) is 19.4 Å². The van der Waals surface area contributed by atoms with Crippen LogP contribution in [-0.4, -0.2) is 51.0 Å². The van der Waals surface area contributed by atoms with Crippen LogP contribution in [0.2, 0.25) is 0 Å². The first kappa shape index (κ1) is 28.8. The van der Waals surface area contributed by atoms with Gasteiger partial charge in [-0.15, -0.1) is 18.5 Å². The van der Waals surface area contributed by atoms with Crippen molar-refractivity contribution < 1.29 is 9.53 Å². The van der Waals surface area contributed by atoms with Gasteiger partial charge in [-0.1, -0.05) is 18.7 Å². The van der Waals surface area contributed by atoms with Gasteiger partial charge in [-0.2, -0.15) is 4.98 Å². The molecule has 2 unspecified atom stereocenters. The molecular formula is C35H37N5O3P2. The van der Waals surface area contributed by atoms with Gasteiger partial charge in [-0.25, -0.2) is 4.79 Å². The Hall–Kier alpha value is -3.60. The average Bonchev–Trinajstić information content (AvgIpc) is 3.96. The van der Waals surface area contributed by atoms with E-state index in [1.54, 1.807) is 0 Å². The summed E-state index contributed by atoms with van der Waals surface area (Å²) in [6.07, 6.45) is 9.68. The number of hydrogen-bond acceptors (Lipinski definition) is 6. The molecule has 2 aromatic carbocycles. The molecule has 8 rings (SSSR count). The van der Waals surface area contributed by atoms with Gasteiger partial charge in [0.05, 0.1) is 5.69 Å². The fourth-order valence-corrected chi connectivity index (χ4v) is 7.99. The Morgan fingerprint density at radius 1 is 1.07 bits per heavy atom. The third kappa shape index (κ3) is 4.63. The number of hydrogen-bond donors (Lipinski definition) is 0. The standard InChI is InChI=1S/C35H37N5O3P2/c1-4-27(41)38-11-12-39(19(3)16-38)34-23-13-18(2)28-29-22(9-10-26(44)33(29)45)17-43-32(28)31(23)40(35(42)37-34)30-24(20-5-6-20)14-36-15-25(30)21-7-8-21/h4,9-10,13-15,19-21H,1,5-8,11-12,16-17,44-45H2,2-3H3/t19-/m0/s1. The minimum Gasteiger partial charge on any atom is -0.486 e. The lowest BCUT2D eigenvalue weighted by atomic mass is 9.91. The number of carbonyl (C=O) groups is 1. The molecule has 0 spiro atoms. The fourth-order valence-electron chi connectivity index (χ4n) is 7.32. The van der Waals surface area contributed by atoms with Crippen molar-refractivity contribution in [2.75, 3.05) is 24.5 Å². The van der Waals surface area contributed by atoms with Crippen molar-refractivity contribution in [2.45, 2.75) is 64.0 Å². The number of carbonyl (C=O) groups excluding carboxylic acids is 1. The molecule has 2 saturated carbocycles. The number of rotatable bonds is 5. The van der Waals surface area contributed by atoms with Gasteiger partial charge in [0.25, 0.3) is 0 Å². The second-order valence-electron chi connectivity index (χ2n) is 13.0. The molecule has 3 atom stereocenters. The summed E-state index contributed by atoms with van der Waals surface area (Å²) in [6, 6.07) is 6.38. The number of aromatic nitrogens is 3. The summed E-state index contributed by atoms with van der Waals surface area (Å²) in [5, 5.41) is 3.11. The molecule has 10 heteroatoms. The van der Waals surface area contributed by atoms with Crippen LogP contribution in [0.25, 0.3) is 27.7 Å². The van der Waals surface area contributed by atoms with Gasteiger partial charge >= 0.3 is 5.69 Å². The zero-order chi connectivity index (χ0) is 31.1. The number of ether oxygens (including phenoxy) is 1. The maximum atomic E-state index is 14.6. The van der Waals surface area contributed by atoms with E-state index < -0.39 is 0 Å². The summed E-state index contributed by atoms with van der Waals surface area (Å²) < 4.78 is 8.58. The van der Waals surface area contributed by atoms with Crippen LogP contribution in [0.15, 0.2) is 48.0 Å². The lowest BCUT2D eigenvalue weighted by Crippen LogP contribution is -2.54. The Morgan fingerprint density at radius 2 is 1.78 bits per heavy atom. The zero-order valence-electron chi connectivity index (χ0n) is 25.7.